The Balaban J connectivity index is 2.30. The second kappa shape index (κ2) is 6.35. The number of rotatable bonds is 4. The van der Waals surface area contributed by atoms with Crippen molar-refractivity contribution in [2.75, 3.05) is 17.2 Å². The van der Waals surface area contributed by atoms with Crippen molar-refractivity contribution in [1.29, 1.82) is 0 Å². The van der Waals surface area contributed by atoms with Crippen LogP contribution in [0.15, 0.2) is 36.4 Å². The highest BCUT2D eigenvalue weighted by Gasteiger charge is 2.15. The number of carbonyl (C=O) groups is 1. The van der Waals surface area contributed by atoms with E-state index in [2.05, 4.69) is 10.6 Å². The predicted molar refractivity (Wildman–Crippen MR) is 79.7 cm³/mol. The summed E-state index contributed by atoms with van der Waals surface area (Å²) in [7, 11) is 0. The fourth-order valence-electron chi connectivity index (χ4n) is 2.03. The fourth-order valence-corrected chi connectivity index (χ4v) is 2.03. The molecule has 2 aromatic carbocycles. The molecule has 1 amide bonds. The normalized spacial score (nSPS) is 10.3. The van der Waals surface area contributed by atoms with Gasteiger partial charge in [0.05, 0.1) is 11.3 Å². The molecule has 2 rings (SSSR count). The minimum Gasteiger partial charge on any atom is -0.382 e. The summed E-state index contributed by atoms with van der Waals surface area (Å²) in [6.45, 7) is 4.00. The molecule has 0 aliphatic rings. The highest BCUT2D eigenvalue weighted by molar-refractivity contribution is 6.08. The van der Waals surface area contributed by atoms with Crippen LogP contribution in [0.2, 0.25) is 0 Å². The molecule has 110 valence electrons. The van der Waals surface area contributed by atoms with E-state index in [-0.39, 0.29) is 17.1 Å². The van der Waals surface area contributed by atoms with Crippen LogP contribution in [0.5, 0.6) is 0 Å². The SMILES string of the molecule is CCNc1c(F)cccc1C(=O)Nc1ccc(F)cc1C. The van der Waals surface area contributed by atoms with E-state index < -0.39 is 11.7 Å². The molecular formula is C16H16F2N2O. The Kier molecular flexibility index (Phi) is 4.52. The molecule has 5 heteroatoms. The number of hydrogen-bond acceptors (Lipinski definition) is 2. The monoisotopic (exact) mass is 290 g/mol. The molecule has 0 fully saturated rings. The number of carbonyl (C=O) groups excluding carboxylic acids is 1. The van der Waals surface area contributed by atoms with Crippen molar-refractivity contribution in [1.82, 2.24) is 0 Å². The van der Waals surface area contributed by atoms with E-state index in [4.69, 9.17) is 0 Å². The Hall–Kier alpha value is -2.43. The summed E-state index contributed by atoms with van der Waals surface area (Å²) >= 11 is 0. The van der Waals surface area contributed by atoms with Gasteiger partial charge in [0.25, 0.3) is 5.91 Å². The van der Waals surface area contributed by atoms with Crippen LogP contribution < -0.4 is 10.6 Å². The number of aryl methyl sites for hydroxylation is 1. The van der Waals surface area contributed by atoms with Gasteiger partial charge in [-0.15, -0.1) is 0 Å². The third kappa shape index (κ3) is 3.37. The average Bonchev–Trinajstić information content (AvgIpc) is 2.44. The third-order valence-electron chi connectivity index (χ3n) is 3.05. The van der Waals surface area contributed by atoms with Crippen molar-refractivity contribution in [3.05, 3.63) is 59.2 Å². The van der Waals surface area contributed by atoms with E-state index in [9.17, 15) is 13.6 Å². The molecule has 0 heterocycles. The standard InChI is InChI=1S/C16H16F2N2O/c1-3-19-15-12(5-4-6-13(15)18)16(21)20-14-8-7-11(17)9-10(14)2/h4-9,19H,3H2,1-2H3,(H,20,21). The van der Waals surface area contributed by atoms with Crippen molar-refractivity contribution in [2.45, 2.75) is 13.8 Å². The maximum atomic E-state index is 13.8. The summed E-state index contributed by atoms with van der Waals surface area (Å²) in [5.74, 6) is -1.30. The lowest BCUT2D eigenvalue weighted by atomic mass is 10.1. The lowest BCUT2D eigenvalue weighted by Gasteiger charge is -2.13. The molecule has 0 aliphatic carbocycles. The van der Waals surface area contributed by atoms with Crippen LogP contribution in [0.3, 0.4) is 0 Å². The molecule has 0 saturated heterocycles. The van der Waals surface area contributed by atoms with Crippen molar-refractivity contribution in [3.63, 3.8) is 0 Å². The molecule has 2 N–H and O–H groups in total. The number of amides is 1. The largest absolute Gasteiger partial charge is 0.382 e. The highest BCUT2D eigenvalue weighted by atomic mass is 19.1. The summed E-state index contributed by atoms with van der Waals surface area (Å²) in [5.41, 5.74) is 1.47. The summed E-state index contributed by atoms with van der Waals surface area (Å²) in [6, 6.07) is 8.37. The number of halogens is 2. The molecule has 0 aliphatic heterocycles. The summed E-state index contributed by atoms with van der Waals surface area (Å²) in [5, 5.41) is 5.51. The van der Waals surface area contributed by atoms with Gasteiger partial charge in [0.2, 0.25) is 0 Å². The molecule has 0 saturated carbocycles. The first-order valence-corrected chi connectivity index (χ1v) is 6.62. The maximum Gasteiger partial charge on any atom is 0.257 e. The number of benzene rings is 2. The van der Waals surface area contributed by atoms with Gasteiger partial charge in [0.1, 0.15) is 11.6 Å². The number of anilines is 2. The van der Waals surface area contributed by atoms with Crippen LogP contribution in [0.4, 0.5) is 20.2 Å². The Morgan fingerprint density at radius 1 is 1.19 bits per heavy atom. The Labute approximate surface area is 122 Å². The van der Waals surface area contributed by atoms with E-state index in [0.29, 0.717) is 17.8 Å². The molecular weight excluding hydrogens is 274 g/mol. The zero-order valence-corrected chi connectivity index (χ0v) is 11.8. The zero-order chi connectivity index (χ0) is 15.4. The van der Waals surface area contributed by atoms with Gasteiger partial charge >= 0.3 is 0 Å². The summed E-state index contributed by atoms with van der Waals surface area (Å²) < 4.78 is 26.8. The van der Waals surface area contributed by atoms with Crippen molar-refractivity contribution >= 4 is 17.3 Å². The summed E-state index contributed by atoms with van der Waals surface area (Å²) in [6.07, 6.45) is 0. The van der Waals surface area contributed by atoms with E-state index >= 15 is 0 Å². The smallest absolute Gasteiger partial charge is 0.257 e. The van der Waals surface area contributed by atoms with Crippen LogP contribution in [-0.2, 0) is 0 Å². The first kappa shape index (κ1) is 15.0. The molecule has 0 aromatic heterocycles. The van der Waals surface area contributed by atoms with E-state index in [1.54, 1.807) is 6.92 Å². The van der Waals surface area contributed by atoms with Gasteiger partial charge in [-0.3, -0.25) is 4.79 Å². The molecule has 0 radical (unpaired) electrons. The first-order valence-electron chi connectivity index (χ1n) is 6.62. The van der Waals surface area contributed by atoms with Crippen LogP contribution >= 0.6 is 0 Å². The van der Waals surface area contributed by atoms with Gasteiger partial charge in [0.15, 0.2) is 0 Å². The average molecular weight is 290 g/mol. The Bertz CT molecular complexity index is 671. The quantitative estimate of drug-likeness (QED) is 0.895. The van der Waals surface area contributed by atoms with Gasteiger partial charge in [-0.25, -0.2) is 8.78 Å². The topological polar surface area (TPSA) is 41.1 Å². The number of hydrogen-bond donors (Lipinski definition) is 2. The zero-order valence-electron chi connectivity index (χ0n) is 11.8. The van der Waals surface area contributed by atoms with Crippen molar-refractivity contribution in [2.24, 2.45) is 0 Å². The second-order valence-electron chi connectivity index (χ2n) is 4.61. The van der Waals surface area contributed by atoms with E-state index in [1.807, 2.05) is 6.92 Å². The lowest BCUT2D eigenvalue weighted by molar-refractivity contribution is 0.102. The fraction of sp³-hybridized carbons (Fsp3) is 0.188. The van der Waals surface area contributed by atoms with Crippen LogP contribution in [0.25, 0.3) is 0 Å². The first-order chi connectivity index (χ1) is 10.0. The number of nitrogens with one attached hydrogen (secondary N) is 2. The van der Waals surface area contributed by atoms with E-state index in [0.717, 1.165) is 0 Å². The molecule has 0 spiro atoms. The van der Waals surface area contributed by atoms with Gasteiger partial charge in [0, 0.05) is 12.2 Å². The number of para-hydroxylation sites is 1. The third-order valence-corrected chi connectivity index (χ3v) is 3.05. The molecule has 2 aromatic rings. The van der Waals surface area contributed by atoms with Gasteiger partial charge in [-0.2, -0.15) is 0 Å². The van der Waals surface area contributed by atoms with Crippen molar-refractivity contribution < 1.29 is 13.6 Å². The molecule has 0 bridgehead atoms. The highest BCUT2D eigenvalue weighted by Crippen LogP contribution is 2.22. The second-order valence-corrected chi connectivity index (χ2v) is 4.61. The Morgan fingerprint density at radius 2 is 1.95 bits per heavy atom. The van der Waals surface area contributed by atoms with Crippen LogP contribution in [-0.4, -0.2) is 12.5 Å². The van der Waals surface area contributed by atoms with Gasteiger partial charge < -0.3 is 10.6 Å². The van der Waals surface area contributed by atoms with Gasteiger partial charge in [-0.05, 0) is 49.7 Å². The molecule has 0 unspecified atom stereocenters. The predicted octanol–water partition coefficient (Wildman–Crippen LogP) is 3.96. The lowest BCUT2D eigenvalue weighted by Crippen LogP contribution is -2.16. The summed E-state index contributed by atoms with van der Waals surface area (Å²) in [4.78, 5) is 12.3. The van der Waals surface area contributed by atoms with E-state index in [1.165, 1.54) is 36.4 Å². The minimum atomic E-state index is -0.486. The minimum absolute atomic E-state index is 0.164. The maximum absolute atomic E-state index is 13.8. The molecule has 3 nitrogen and oxygen atoms in total. The Morgan fingerprint density at radius 3 is 2.62 bits per heavy atom. The van der Waals surface area contributed by atoms with Crippen molar-refractivity contribution in [3.8, 4) is 0 Å². The van der Waals surface area contributed by atoms with Gasteiger partial charge in [-0.1, -0.05) is 6.07 Å². The van der Waals surface area contributed by atoms with Crippen LogP contribution in [0, 0.1) is 18.6 Å². The van der Waals surface area contributed by atoms with Crippen LogP contribution in [0.1, 0.15) is 22.8 Å². The molecule has 21 heavy (non-hydrogen) atoms. The molecule has 0 atom stereocenters.